The normalized spacial score (nSPS) is 12.5. The van der Waals surface area contributed by atoms with Crippen molar-refractivity contribution in [3.8, 4) is 11.1 Å². The molecule has 0 radical (unpaired) electrons. The largest absolute Gasteiger partial charge is 0.389 e. The molecular weight excluding hydrogens is 369 g/mol. The summed E-state index contributed by atoms with van der Waals surface area (Å²) in [6, 6.07) is 3.33. The van der Waals surface area contributed by atoms with Gasteiger partial charge in [-0.1, -0.05) is 0 Å². The number of halogens is 5. The lowest BCUT2D eigenvalue weighted by atomic mass is 10.1. The van der Waals surface area contributed by atoms with Crippen molar-refractivity contribution in [2.45, 2.75) is 25.4 Å². The van der Waals surface area contributed by atoms with Gasteiger partial charge in [-0.05, 0) is 12.1 Å². The lowest BCUT2D eigenvalue weighted by Gasteiger charge is -2.06. The monoisotopic (exact) mass is 381 g/mol. The molecule has 4 heterocycles. The SMILES string of the molecule is FC(F)c1cnc2ccc(-c3c[nH]c4nc(CCC(F)(F)F)ncc34)cn12. The molecule has 4 aromatic heterocycles. The minimum Gasteiger partial charge on any atom is -0.345 e. The summed E-state index contributed by atoms with van der Waals surface area (Å²) in [6.45, 7) is 0. The van der Waals surface area contributed by atoms with Crippen LogP contribution >= 0.6 is 0 Å². The van der Waals surface area contributed by atoms with Crippen LogP contribution in [0.5, 0.6) is 0 Å². The summed E-state index contributed by atoms with van der Waals surface area (Å²) in [5.74, 6) is 0.0817. The van der Waals surface area contributed by atoms with Crippen molar-refractivity contribution < 1.29 is 22.0 Å². The number of imidazole rings is 1. The maximum Gasteiger partial charge on any atom is 0.389 e. The second-order valence-corrected chi connectivity index (χ2v) is 6.00. The number of aryl methyl sites for hydroxylation is 1. The molecule has 10 heteroatoms. The van der Waals surface area contributed by atoms with Crippen LogP contribution in [0.2, 0.25) is 0 Å². The zero-order chi connectivity index (χ0) is 19.2. The predicted octanol–water partition coefficient (Wildman–Crippen LogP) is 4.71. The lowest BCUT2D eigenvalue weighted by Crippen LogP contribution is -2.10. The number of hydrogen-bond acceptors (Lipinski definition) is 3. The average molecular weight is 381 g/mol. The number of aromatic nitrogens is 5. The van der Waals surface area contributed by atoms with Gasteiger partial charge < -0.3 is 4.98 Å². The number of pyridine rings is 1. The standard InChI is InChI=1S/C17H12F5N5/c18-15(19)12-7-24-14-2-1-9(8-27(12)14)10-5-25-16-11(10)6-23-13(26-16)3-4-17(20,21)22/h1-2,5-8,15H,3-4H2,(H,23,25,26). The van der Waals surface area contributed by atoms with Crippen LogP contribution in [0.3, 0.4) is 0 Å². The molecule has 140 valence electrons. The first-order valence-corrected chi connectivity index (χ1v) is 7.97. The lowest BCUT2D eigenvalue weighted by molar-refractivity contribution is -0.134. The van der Waals surface area contributed by atoms with Gasteiger partial charge >= 0.3 is 6.18 Å². The van der Waals surface area contributed by atoms with Crippen LogP contribution in [-0.4, -0.2) is 30.5 Å². The van der Waals surface area contributed by atoms with E-state index in [2.05, 4.69) is 19.9 Å². The van der Waals surface area contributed by atoms with Crippen molar-refractivity contribution in [1.29, 1.82) is 0 Å². The molecule has 1 N–H and O–H groups in total. The van der Waals surface area contributed by atoms with Crippen molar-refractivity contribution in [3.05, 3.63) is 48.4 Å². The van der Waals surface area contributed by atoms with Crippen LogP contribution in [0.1, 0.15) is 24.4 Å². The average Bonchev–Trinajstić information content (AvgIpc) is 3.22. The molecule has 0 bridgehead atoms. The van der Waals surface area contributed by atoms with Gasteiger partial charge in [-0.2, -0.15) is 13.2 Å². The van der Waals surface area contributed by atoms with Crippen LogP contribution in [0.4, 0.5) is 22.0 Å². The Morgan fingerprint density at radius 3 is 2.67 bits per heavy atom. The molecule has 0 spiro atoms. The topological polar surface area (TPSA) is 58.9 Å². The number of nitrogens with one attached hydrogen (secondary N) is 1. The molecule has 0 amide bonds. The van der Waals surface area contributed by atoms with E-state index in [9.17, 15) is 22.0 Å². The highest BCUT2D eigenvalue weighted by molar-refractivity contribution is 5.93. The van der Waals surface area contributed by atoms with Gasteiger partial charge in [0.15, 0.2) is 0 Å². The zero-order valence-corrected chi connectivity index (χ0v) is 13.6. The predicted molar refractivity (Wildman–Crippen MR) is 87.4 cm³/mol. The fraction of sp³-hybridized carbons (Fsp3) is 0.235. The molecule has 0 unspecified atom stereocenters. The maximum atomic E-state index is 13.1. The van der Waals surface area contributed by atoms with Gasteiger partial charge in [0, 0.05) is 41.5 Å². The van der Waals surface area contributed by atoms with Crippen molar-refractivity contribution in [2.75, 3.05) is 0 Å². The molecule has 27 heavy (non-hydrogen) atoms. The molecular formula is C17H12F5N5. The molecule has 0 aliphatic rings. The van der Waals surface area contributed by atoms with Gasteiger partial charge in [0.2, 0.25) is 0 Å². The zero-order valence-electron chi connectivity index (χ0n) is 13.6. The summed E-state index contributed by atoms with van der Waals surface area (Å²) < 4.78 is 64.5. The number of alkyl halides is 5. The smallest absolute Gasteiger partial charge is 0.345 e. The Morgan fingerprint density at radius 1 is 1.11 bits per heavy atom. The van der Waals surface area contributed by atoms with Gasteiger partial charge in [-0.3, -0.25) is 4.40 Å². The minimum atomic E-state index is -4.28. The first kappa shape index (κ1) is 17.4. The second-order valence-electron chi connectivity index (χ2n) is 6.00. The van der Waals surface area contributed by atoms with Crippen LogP contribution in [0, 0.1) is 0 Å². The summed E-state index contributed by atoms with van der Waals surface area (Å²) in [5, 5.41) is 0.587. The van der Waals surface area contributed by atoms with E-state index in [4.69, 9.17) is 0 Å². The highest BCUT2D eigenvalue weighted by Crippen LogP contribution is 2.29. The maximum absolute atomic E-state index is 13.1. The van der Waals surface area contributed by atoms with E-state index in [0.29, 0.717) is 27.8 Å². The molecule has 0 saturated carbocycles. The Kier molecular flexibility index (Phi) is 4.05. The van der Waals surface area contributed by atoms with Crippen LogP contribution < -0.4 is 0 Å². The highest BCUT2D eigenvalue weighted by atomic mass is 19.4. The minimum absolute atomic E-state index is 0.0817. The number of rotatable bonds is 4. The Balaban J connectivity index is 1.72. The van der Waals surface area contributed by atoms with Crippen molar-refractivity contribution in [2.24, 2.45) is 0 Å². The third-order valence-corrected chi connectivity index (χ3v) is 4.18. The molecule has 0 atom stereocenters. The van der Waals surface area contributed by atoms with E-state index in [-0.39, 0.29) is 17.9 Å². The number of aromatic amines is 1. The summed E-state index contributed by atoms with van der Waals surface area (Å²) in [4.78, 5) is 14.9. The highest BCUT2D eigenvalue weighted by Gasteiger charge is 2.27. The van der Waals surface area contributed by atoms with E-state index >= 15 is 0 Å². The Labute approximate surface area is 148 Å². The molecule has 5 nitrogen and oxygen atoms in total. The molecule has 0 aliphatic heterocycles. The summed E-state index contributed by atoms with van der Waals surface area (Å²) in [5.41, 5.74) is 1.83. The fourth-order valence-electron chi connectivity index (χ4n) is 2.88. The van der Waals surface area contributed by atoms with E-state index < -0.39 is 19.0 Å². The molecule has 4 rings (SSSR count). The second kappa shape index (κ2) is 6.29. The summed E-state index contributed by atoms with van der Waals surface area (Å²) in [6.07, 6.45) is -2.55. The number of hydrogen-bond donors (Lipinski definition) is 1. The number of H-pyrrole nitrogens is 1. The van der Waals surface area contributed by atoms with Crippen molar-refractivity contribution in [1.82, 2.24) is 24.3 Å². The summed E-state index contributed by atoms with van der Waals surface area (Å²) >= 11 is 0. The van der Waals surface area contributed by atoms with Gasteiger partial charge in [-0.15, -0.1) is 0 Å². The van der Waals surface area contributed by atoms with Crippen molar-refractivity contribution in [3.63, 3.8) is 0 Å². The van der Waals surface area contributed by atoms with Gasteiger partial charge in [-0.25, -0.2) is 23.7 Å². The number of nitrogens with zero attached hydrogens (tertiary/aromatic N) is 4. The molecule has 0 aliphatic carbocycles. The number of fused-ring (bicyclic) bond motifs is 2. The molecule has 0 fully saturated rings. The fourth-order valence-corrected chi connectivity index (χ4v) is 2.88. The Bertz CT molecular complexity index is 1110. The third kappa shape index (κ3) is 3.34. The van der Waals surface area contributed by atoms with Gasteiger partial charge in [0.1, 0.15) is 22.8 Å². The first-order valence-electron chi connectivity index (χ1n) is 7.97. The quantitative estimate of drug-likeness (QED) is 0.521. The van der Waals surface area contributed by atoms with E-state index in [1.807, 2.05) is 0 Å². The van der Waals surface area contributed by atoms with Crippen molar-refractivity contribution >= 4 is 16.7 Å². The molecule has 0 saturated heterocycles. The van der Waals surface area contributed by atoms with E-state index in [0.717, 1.165) is 6.20 Å². The molecule has 0 aromatic carbocycles. The van der Waals surface area contributed by atoms with Gasteiger partial charge in [0.05, 0.1) is 12.6 Å². The summed E-state index contributed by atoms with van der Waals surface area (Å²) in [7, 11) is 0. The van der Waals surface area contributed by atoms with E-state index in [1.54, 1.807) is 18.3 Å². The van der Waals surface area contributed by atoms with E-state index in [1.165, 1.54) is 16.8 Å². The van der Waals surface area contributed by atoms with Crippen LogP contribution in [-0.2, 0) is 6.42 Å². The van der Waals surface area contributed by atoms with Crippen LogP contribution in [0.15, 0.2) is 36.9 Å². The first-order chi connectivity index (χ1) is 12.8. The third-order valence-electron chi connectivity index (χ3n) is 4.18. The van der Waals surface area contributed by atoms with Crippen LogP contribution in [0.25, 0.3) is 27.8 Å². The van der Waals surface area contributed by atoms with Gasteiger partial charge in [0.25, 0.3) is 6.43 Å². The molecule has 4 aromatic rings. The Hall–Kier alpha value is -3.04. The Morgan fingerprint density at radius 2 is 1.93 bits per heavy atom.